The molecular weight excluding hydrogens is 275 g/mol. The Morgan fingerprint density at radius 3 is 2.40 bits per heavy atom. The first-order valence-electron chi connectivity index (χ1n) is 6.80. The molecule has 0 spiro atoms. The molecule has 4 nitrogen and oxygen atoms in total. The average Bonchev–Trinajstić information content (AvgIpc) is 2.36. The summed E-state index contributed by atoms with van der Waals surface area (Å²) in [6.07, 6.45) is -1.58. The van der Waals surface area contributed by atoms with Crippen LogP contribution in [0, 0.1) is 5.92 Å². The molecule has 0 fully saturated rings. The number of nitrogens with one attached hydrogen (secondary N) is 1. The number of hydrogen-bond acceptors (Lipinski definition) is 3. The summed E-state index contributed by atoms with van der Waals surface area (Å²) in [6.45, 7) is 4.08. The summed E-state index contributed by atoms with van der Waals surface area (Å²) >= 11 is 0. The van der Waals surface area contributed by atoms with Gasteiger partial charge in [0.05, 0.1) is 12.5 Å². The molecule has 0 bridgehead atoms. The van der Waals surface area contributed by atoms with Gasteiger partial charge >= 0.3 is 18.1 Å². The van der Waals surface area contributed by atoms with Crippen LogP contribution in [0.2, 0.25) is 0 Å². The zero-order chi connectivity index (χ0) is 15.6. The highest BCUT2D eigenvalue weighted by atomic mass is 19.4. The molecule has 0 saturated heterocycles. The average molecular weight is 297 g/mol. The molecule has 1 atom stereocenters. The van der Waals surface area contributed by atoms with Crippen LogP contribution in [-0.4, -0.2) is 31.2 Å². The molecule has 0 aromatic rings. The lowest BCUT2D eigenvalue weighted by atomic mass is 10.0. The van der Waals surface area contributed by atoms with E-state index in [1.165, 1.54) is 0 Å². The summed E-state index contributed by atoms with van der Waals surface area (Å²) in [7, 11) is 0. The van der Waals surface area contributed by atoms with Crippen molar-refractivity contribution in [3.63, 3.8) is 0 Å². The van der Waals surface area contributed by atoms with Gasteiger partial charge in [-0.2, -0.15) is 13.2 Å². The van der Waals surface area contributed by atoms with Gasteiger partial charge in [0.1, 0.15) is 0 Å². The van der Waals surface area contributed by atoms with Crippen LogP contribution in [0.15, 0.2) is 0 Å². The van der Waals surface area contributed by atoms with Crippen LogP contribution < -0.4 is 5.32 Å². The van der Waals surface area contributed by atoms with E-state index in [-0.39, 0.29) is 18.4 Å². The van der Waals surface area contributed by atoms with Crippen molar-refractivity contribution in [1.82, 2.24) is 5.32 Å². The third-order valence-electron chi connectivity index (χ3n) is 2.75. The summed E-state index contributed by atoms with van der Waals surface area (Å²) in [4.78, 5) is 22.0. The van der Waals surface area contributed by atoms with Crippen molar-refractivity contribution >= 4 is 11.9 Å². The van der Waals surface area contributed by atoms with Crippen molar-refractivity contribution < 1.29 is 27.5 Å². The summed E-state index contributed by atoms with van der Waals surface area (Å²) in [5.74, 6) is -2.48. The molecule has 0 aliphatic rings. The minimum Gasteiger partial charge on any atom is -0.465 e. The van der Waals surface area contributed by atoms with Crippen LogP contribution in [0.3, 0.4) is 0 Å². The lowest BCUT2D eigenvalue weighted by molar-refractivity contribution is -0.173. The van der Waals surface area contributed by atoms with Gasteiger partial charge in [-0.15, -0.1) is 0 Å². The van der Waals surface area contributed by atoms with Gasteiger partial charge in [-0.25, -0.2) is 0 Å². The molecule has 1 unspecified atom stereocenters. The van der Waals surface area contributed by atoms with E-state index >= 15 is 0 Å². The number of carbonyl (C=O) groups excluding carboxylic acids is 2. The van der Waals surface area contributed by atoms with Gasteiger partial charge in [-0.1, -0.05) is 26.7 Å². The number of rotatable bonds is 9. The maximum absolute atomic E-state index is 11.9. The molecule has 0 saturated carbocycles. The molecule has 7 heteroatoms. The fourth-order valence-corrected chi connectivity index (χ4v) is 1.45. The topological polar surface area (TPSA) is 55.4 Å². The monoisotopic (exact) mass is 297 g/mol. The maximum atomic E-state index is 11.9. The SMILES string of the molecule is CCCCOC(=O)C(C)CCCCNC(=O)C(F)(F)F. The Hall–Kier alpha value is -1.27. The number of hydrogen-bond donors (Lipinski definition) is 1. The number of halogens is 3. The third-order valence-corrected chi connectivity index (χ3v) is 2.75. The van der Waals surface area contributed by atoms with Gasteiger partial charge in [0.2, 0.25) is 0 Å². The zero-order valence-electron chi connectivity index (χ0n) is 11.9. The number of carbonyl (C=O) groups is 2. The van der Waals surface area contributed by atoms with Gasteiger partial charge in [-0.05, 0) is 19.3 Å². The Morgan fingerprint density at radius 1 is 1.20 bits per heavy atom. The molecular formula is C13H22F3NO3. The van der Waals surface area contributed by atoms with Gasteiger partial charge in [-0.3, -0.25) is 9.59 Å². The van der Waals surface area contributed by atoms with Crippen LogP contribution in [0.4, 0.5) is 13.2 Å². The first-order valence-corrected chi connectivity index (χ1v) is 6.80. The molecule has 0 aliphatic heterocycles. The highest BCUT2D eigenvalue weighted by Gasteiger charge is 2.38. The minimum absolute atomic E-state index is 0.0457. The first-order chi connectivity index (χ1) is 9.29. The van der Waals surface area contributed by atoms with Crippen molar-refractivity contribution in [3.05, 3.63) is 0 Å². The van der Waals surface area contributed by atoms with Gasteiger partial charge in [0.15, 0.2) is 0 Å². The molecule has 118 valence electrons. The van der Waals surface area contributed by atoms with Crippen LogP contribution in [0.25, 0.3) is 0 Å². The van der Waals surface area contributed by atoms with Crippen LogP contribution >= 0.6 is 0 Å². The van der Waals surface area contributed by atoms with Crippen molar-refractivity contribution in [2.24, 2.45) is 5.92 Å². The van der Waals surface area contributed by atoms with Crippen LogP contribution in [0.1, 0.15) is 46.0 Å². The predicted molar refractivity (Wildman–Crippen MR) is 67.9 cm³/mol. The fourth-order valence-electron chi connectivity index (χ4n) is 1.45. The molecule has 0 aromatic carbocycles. The number of amides is 1. The second kappa shape index (κ2) is 9.61. The van der Waals surface area contributed by atoms with Crippen LogP contribution in [0.5, 0.6) is 0 Å². The van der Waals surface area contributed by atoms with E-state index in [0.29, 0.717) is 25.9 Å². The molecule has 0 aliphatic carbocycles. The Morgan fingerprint density at radius 2 is 1.85 bits per heavy atom. The quantitative estimate of drug-likeness (QED) is 0.526. The fraction of sp³-hybridized carbons (Fsp3) is 0.846. The summed E-state index contributed by atoms with van der Waals surface area (Å²) < 4.78 is 40.6. The van der Waals surface area contributed by atoms with E-state index in [2.05, 4.69) is 0 Å². The molecule has 20 heavy (non-hydrogen) atoms. The zero-order valence-corrected chi connectivity index (χ0v) is 11.9. The van der Waals surface area contributed by atoms with E-state index in [1.54, 1.807) is 12.2 Å². The smallest absolute Gasteiger partial charge is 0.465 e. The normalized spacial score (nSPS) is 12.8. The summed E-state index contributed by atoms with van der Waals surface area (Å²) in [5, 5.41) is 1.79. The lowest BCUT2D eigenvalue weighted by Crippen LogP contribution is -2.37. The molecule has 0 heterocycles. The van der Waals surface area contributed by atoms with Gasteiger partial charge < -0.3 is 10.1 Å². The van der Waals surface area contributed by atoms with Crippen molar-refractivity contribution in [2.75, 3.05) is 13.2 Å². The number of alkyl halides is 3. The second-order valence-corrected chi connectivity index (χ2v) is 4.67. The third kappa shape index (κ3) is 8.77. The van der Waals surface area contributed by atoms with E-state index in [4.69, 9.17) is 4.74 Å². The molecule has 0 rings (SSSR count). The predicted octanol–water partition coefficient (Wildman–Crippen LogP) is 2.81. The molecule has 1 amide bonds. The Bertz CT molecular complexity index is 306. The van der Waals surface area contributed by atoms with E-state index in [0.717, 1.165) is 12.8 Å². The van der Waals surface area contributed by atoms with Crippen molar-refractivity contribution in [1.29, 1.82) is 0 Å². The highest BCUT2D eigenvalue weighted by Crippen LogP contribution is 2.14. The van der Waals surface area contributed by atoms with Crippen molar-refractivity contribution in [3.8, 4) is 0 Å². The largest absolute Gasteiger partial charge is 0.471 e. The minimum atomic E-state index is -4.84. The van der Waals surface area contributed by atoms with E-state index < -0.39 is 12.1 Å². The van der Waals surface area contributed by atoms with E-state index in [9.17, 15) is 22.8 Å². The lowest BCUT2D eigenvalue weighted by Gasteiger charge is -2.11. The summed E-state index contributed by atoms with van der Waals surface area (Å²) in [6, 6.07) is 0. The molecule has 0 radical (unpaired) electrons. The van der Waals surface area contributed by atoms with E-state index in [1.807, 2.05) is 6.92 Å². The molecule has 0 aromatic heterocycles. The number of esters is 1. The standard InChI is InChI=1S/C13H22F3NO3/c1-3-4-9-20-11(18)10(2)7-5-6-8-17-12(19)13(14,15)16/h10H,3-9H2,1-2H3,(H,17,19). The highest BCUT2D eigenvalue weighted by molar-refractivity contribution is 5.81. The Balaban J connectivity index is 3.64. The van der Waals surface area contributed by atoms with Crippen molar-refractivity contribution in [2.45, 2.75) is 52.1 Å². The van der Waals surface area contributed by atoms with Gasteiger partial charge in [0, 0.05) is 6.54 Å². The van der Waals surface area contributed by atoms with Gasteiger partial charge in [0.25, 0.3) is 0 Å². The Kier molecular flexibility index (Phi) is 9.00. The second-order valence-electron chi connectivity index (χ2n) is 4.67. The van der Waals surface area contributed by atoms with Crippen LogP contribution in [-0.2, 0) is 14.3 Å². The number of unbranched alkanes of at least 4 members (excludes halogenated alkanes) is 2. The molecule has 1 N–H and O–H groups in total. The maximum Gasteiger partial charge on any atom is 0.471 e. The summed E-state index contributed by atoms with van der Waals surface area (Å²) in [5.41, 5.74) is 0. The first kappa shape index (κ1) is 18.7. The Labute approximate surface area is 117 Å². The number of ether oxygens (including phenoxy) is 1.